The molecule has 78 valence electrons. The predicted octanol–water partition coefficient (Wildman–Crippen LogP) is 2.67. The monoisotopic (exact) mass is 305 g/mol. The van der Waals surface area contributed by atoms with E-state index in [0.29, 0.717) is 6.04 Å². The van der Waals surface area contributed by atoms with Crippen LogP contribution in [0.3, 0.4) is 0 Å². The largest absolute Gasteiger partial charge is 0.492 e. The second-order valence-electron chi connectivity index (χ2n) is 3.41. The second kappa shape index (κ2) is 6.24. The second-order valence-corrected chi connectivity index (χ2v) is 4.66. The van der Waals surface area contributed by atoms with E-state index in [9.17, 15) is 0 Å². The van der Waals surface area contributed by atoms with E-state index in [1.807, 2.05) is 24.3 Å². The normalized spacial score (nSPS) is 10.6. The summed E-state index contributed by atoms with van der Waals surface area (Å²) in [5, 5.41) is 3.30. The number of benzene rings is 1. The first-order chi connectivity index (χ1) is 6.68. The summed E-state index contributed by atoms with van der Waals surface area (Å²) in [4.78, 5) is 0. The molecule has 0 amide bonds. The minimum absolute atomic E-state index is 0.523. The van der Waals surface area contributed by atoms with Gasteiger partial charge in [-0.3, -0.25) is 0 Å². The molecule has 1 aromatic carbocycles. The lowest BCUT2D eigenvalue weighted by atomic mass is 10.3. The van der Waals surface area contributed by atoms with Crippen LogP contribution < -0.4 is 10.1 Å². The minimum atomic E-state index is 0.523. The number of hydrogen-bond acceptors (Lipinski definition) is 2. The summed E-state index contributed by atoms with van der Waals surface area (Å²) in [5.74, 6) is 0.941. The lowest BCUT2D eigenvalue weighted by Crippen LogP contribution is -2.27. The highest BCUT2D eigenvalue weighted by Crippen LogP contribution is 2.12. The first kappa shape index (κ1) is 11.8. The molecule has 0 aliphatic heterocycles. The van der Waals surface area contributed by atoms with Crippen molar-refractivity contribution in [2.45, 2.75) is 19.9 Å². The molecular weight excluding hydrogens is 289 g/mol. The van der Waals surface area contributed by atoms with E-state index >= 15 is 0 Å². The van der Waals surface area contributed by atoms with Crippen molar-refractivity contribution in [1.29, 1.82) is 0 Å². The summed E-state index contributed by atoms with van der Waals surface area (Å²) >= 11 is 2.28. The molecule has 0 saturated heterocycles. The van der Waals surface area contributed by atoms with Gasteiger partial charge in [0.15, 0.2) is 0 Å². The first-order valence-electron chi connectivity index (χ1n) is 4.80. The zero-order valence-corrected chi connectivity index (χ0v) is 10.7. The van der Waals surface area contributed by atoms with E-state index in [4.69, 9.17) is 4.74 Å². The van der Waals surface area contributed by atoms with Crippen LogP contribution >= 0.6 is 22.6 Å². The van der Waals surface area contributed by atoms with Crippen LogP contribution in [-0.2, 0) is 0 Å². The van der Waals surface area contributed by atoms with Gasteiger partial charge in [0.05, 0.1) is 0 Å². The van der Waals surface area contributed by atoms with Crippen LogP contribution in [0.15, 0.2) is 24.3 Å². The number of rotatable bonds is 5. The molecule has 0 atom stereocenters. The summed E-state index contributed by atoms with van der Waals surface area (Å²) in [7, 11) is 0. The van der Waals surface area contributed by atoms with Crippen molar-refractivity contribution in [3.05, 3.63) is 27.8 Å². The Labute approximate surface area is 99.2 Å². The standard InChI is InChI=1S/C11H16INO/c1-9(2)13-7-8-14-11-5-3-10(12)4-6-11/h3-6,9,13H,7-8H2,1-2H3. The van der Waals surface area contributed by atoms with E-state index in [-0.39, 0.29) is 0 Å². The van der Waals surface area contributed by atoms with Gasteiger partial charge in [0.2, 0.25) is 0 Å². The van der Waals surface area contributed by atoms with E-state index in [0.717, 1.165) is 18.9 Å². The van der Waals surface area contributed by atoms with Crippen LogP contribution in [0.2, 0.25) is 0 Å². The van der Waals surface area contributed by atoms with Crippen LogP contribution in [0.25, 0.3) is 0 Å². The molecule has 1 N–H and O–H groups in total. The molecule has 0 fully saturated rings. The third kappa shape index (κ3) is 4.81. The van der Waals surface area contributed by atoms with Gasteiger partial charge in [-0.1, -0.05) is 13.8 Å². The zero-order chi connectivity index (χ0) is 10.4. The number of hydrogen-bond donors (Lipinski definition) is 1. The van der Waals surface area contributed by atoms with Crippen molar-refractivity contribution in [3.8, 4) is 5.75 Å². The third-order valence-corrected chi connectivity index (χ3v) is 2.46. The van der Waals surface area contributed by atoms with Gasteiger partial charge in [-0.05, 0) is 46.9 Å². The molecule has 0 saturated carbocycles. The molecule has 1 rings (SSSR count). The van der Waals surface area contributed by atoms with Gasteiger partial charge in [-0.15, -0.1) is 0 Å². The quantitative estimate of drug-likeness (QED) is 0.667. The van der Waals surface area contributed by atoms with Crippen LogP contribution in [0.4, 0.5) is 0 Å². The van der Waals surface area contributed by atoms with Gasteiger partial charge in [-0.2, -0.15) is 0 Å². The summed E-state index contributed by atoms with van der Waals surface area (Å²) in [5.41, 5.74) is 0. The molecular formula is C11H16INO. The summed E-state index contributed by atoms with van der Waals surface area (Å²) < 4.78 is 6.78. The Hall–Kier alpha value is -0.290. The molecule has 0 radical (unpaired) electrons. The Balaban J connectivity index is 2.21. The SMILES string of the molecule is CC(C)NCCOc1ccc(I)cc1. The van der Waals surface area contributed by atoms with Crippen LogP contribution in [0.5, 0.6) is 5.75 Å². The molecule has 2 nitrogen and oxygen atoms in total. The molecule has 1 aromatic rings. The van der Waals surface area contributed by atoms with Gasteiger partial charge in [0.1, 0.15) is 12.4 Å². The lowest BCUT2D eigenvalue weighted by Gasteiger charge is -2.09. The fourth-order valence-electron chi connectivity index (χ4n) is 1.05. The van der Waals surface area contributed by atoms with Crippen molar-refractivity contribution in [2.75, 3.05) is 13.2 Å². The van der Waals surface area contributed by atoms with Crippen molar-refractivity contribution >= 4 is 22.6 Å². The molecule has 0 spiro atoms. The van der Waals surface area contributed by atoms with E-state index in [1.165, 1.54) is 3.57 Å². The maximum Gasteiger partial charge on any atom is 0.119 e. The Morgan fingerprint density at radius 3 is 2.50 bits per heavy atom. The smallest absolute Gasteiger partial charge is 0.119 e. The third-order valence-electron chi connectivity index (χ3n) is 1.74. The van der Waals surface area contributed by atoms with Crippen LogP contribution in [-0.4, -0.2) is 19.2 Å². The highest BCUT2D eigenvalue weighted by atomic mass is 127. The molecule has 3 heteroatoms. The number of nitrogens with one attached hydrogen (secondary N) is 1. The Kier molecular flexibility index (Phi) is 5.25. The fourth-order valence-corrected chi connectivity index (χ4v) is 1.41. The Morgan fingerprint density at radius 2 is 1.93 bits per heavy atom. The van der Waals surface area contributed by atoms with Crippen molar-refractivity contribution in [2.24, 2.45) is 0 Å². The van der Waals surface area contributed by atoms with Crippen molar-refractivity contribution in [3.63, 3.8) is 0 Å². The average Bonchev–Trinajstić information content (AvgIpc) is 2.15. The predicted molar refractivity (Wildman–Crippen MR) is 67.8 cm³/mol. The lowest BCUT2D eigenvalue weighted by molar-refractivity contribution is 0.309. The molecule has 0 aliphatic carbocycles. The molecule has 0 heterocycles. The van der Waals surface area contributed by atoms with Gasteiger partial charge < -0.3 is 10.1 Å². The maximum absolute atomic E-state index is 5.55. The molecule has 14 heavy (non-hydrogen) atoms. The van der Waals surface area contributed by atoms with Gasteiger partial charge in [-0.25, -0.2) is 0 Å². The highest BCUT2D eigenvalue weighted by molar-refractivity contribution is 14.1. The van der Waals surface area contributed by atoms with Gasteiger partial charge in [0.25, 0.3) is 0 Å². The van der Waals surface area contributed by atoms with Gasteiger partial charge in [0, 0.05) is 16.2 Å². The number of ether oxygens (including phenoxy) is 1. The molecule has 0 aromatic heterocycles. The zero-order valence-electron chi connectivity index (χ0n) is 8.59. The summed E-state index contributed by atoms with van der Waals surface area (Å²) in [6.45, 7) is 5.87. The fraction of sp³-hybridized carbons (Fsp3) is 0.455. The van der Waals surface area contributed by atoms with Gasteiger partial charge >= 0.3 is 0 Å². The molecule has 0 unspecified atom stereocenters. The number of halogens is 1. The van der Waals surface area contributed by atoms with Crippen molar-refractivity contribution in [1.82, 2.24) is 5.32 Å². The van der Waals surface area contributed by atoms with E-state index in [1.54, 1.807) is 0 Å². The first-order valence-corrected chi connectivity index (χ1v) is 5.88. The molecule has 0 bridgehead atoms. The van der Waals surface area contributed by atoms with E-state index < -0.39 is 0 Å². The average molecular weight is 305 g/mol. The Bertz CT molecular complexity index is 258. The summed E-state index contributed by atoms with van der Waals surface area (Å²) in [6.07, 6.45) is 0. The van der Waals surface area contributed by atoms with Crippen LogP contribution in [0.1, 0.15) is 13.8 Å². The van der Waals surface area contributed by atoms with Crippen LogP contribution in [0, 0.1) is 3.57 Å². The minimum Gasteiger partial charge on any atom is -0.492 e. The molecule has 0 aliphatic rings. The highest BCUT2D eigenvalue weighted by Gasteiger charge is 1.94. The maximum atomic E-state index is 5.55. The Morgan fingerprint density at radius 1 is 1.29 bits per heavy atom. The summed E-state index contributed by atoms with van der Waals surface area (Å²) in [6, 6.07) is 8.61. The topological polar surface area (TPSA) is 21.3 Å². The van der Waals surface area contributed by atoms with E-state index in [2.05, 4.69) is 41.8 Å². The van der Waals surface area contributed by atoms with Crippen molar-refractivity contribution < 1.29 is 4.74 Å².